The molecule has 238 valence electrons. The number of rotatable bonds is 3. The minimum absolute atomic E-state index is 0.0146. The number of anilines is 3. The zero-order valence-electron chi connectivity index (χ0n) is 28.6. The number of aryl methyl sites for hydroxylation is 2. The van der Waals surface area contributed by atoms with Crippen molar-refractivity contribution in [3.63, 3.8) is 0 Å². The van der Waals surface area contributed by atoms with Crippen LogP contribution in [0.5, 0.6) is 0 Å². The first-order chi connectivity index (χ1) is 23.7. The zero-order valence-corrected chi connectivity index (χ0v) is 29.6. The van der Waals surface area contributed by atoms with Gasteiger partial charge in [-0.05, 0) is 94.6 Å². The standard InChI is InChI=1S/C45H38N2OSi/c1-29-19-23-42-40(25-29)45(38-17-11-9-15-35(38)36-16-10-12-18-39(36)45)41-27-33(49(3,4)5)21-24-43(41)47(42)32-20-22-34-30(2)28-46(44(48)37(34)26-32)31-13-7-6-8-14-31/h6-28H,1-5H3. The van der Waals surface area contributed by atoms with E-state index in [-0.39, 0.29) is 5.56 Å². The lowest BCUT2D eigenvalue weighted by atomic mass is 9.64. The van der Waals surface area contributed by atoms with Gasteiger partial charge in [0.25, 0.3) is 5.56 Å². The van der Waals surface area contributed by atoms with Crippen molar-refractivity contribution < 1.29 is 0 Å². The summed E-state index contributed by atoms with van der Waals surface area (Å²) >= 11 is 0. The maximum atomic E-state index is 14.2. The average Bonchev–Trinajstić information content (AvgIpc) is 3.41. The predicted molar refractivity (Wildman–Crippen MR) is 208 cm³/mol. The fourth-order valence-electron chi connectivity index (χ4n) is 8.44. The van der Waals surface area contributed by atoms with Crippen LogP contribution in [0.25, 0.3) is 27.6 Å². The number of fused-ring (bicyclic) bond motifs is 10. The van der Waals surface area contributed by atoms with Crippen LogP contribution in [0.3, 0.4) is 0 Å². The van der Waals surface area contributed by atoms with Gasteiger partial charge in [0.05, 0.1) is 24.9 Å². The Balaban J connectivity index is 1.39. The van der Waals surface area contributed by atoms with Crippen LogP contribution in [-0.2, 0) is 5.41 Å². The Morgan fingerprint density at radius 3 is 1.84 bits per heavy atom. The summed E-state index contributed by atoms with van der Waals surface area (Å²) in [5.74, 6) is 0. The highest BCUT2D eigenvalue weighted by Crippen LogP contribution is 2.63. The summed E-state index contributed by atoms with van der Waals surface area (Å²) < 4.78 is 1.78. The van der Waals surface area contributed by atoms with Gasteiger partial charge in [-0.25, -0.2) is 0 Å². The van der Waals surface area contributed by atoms with Crippen LogP contribution in [-0.4, -0.2) is 12.6 Å². The molecule has 0 amide bonds. The van der Waals surface area contributed by atoms with Crippen molar-refractivity contribution in [1.29, 1.82) is 0 Å². The summed E-state index contributed by atoms with van der Waals surface area (Å²) in [6.07, 6.45) is 1.96. The van der Waals surface area contributed by atoms with E-state index in [1.165, 1.54) is 44.1 Å². The second kappa shape index (κ2) is 10.5. The Kier molecular flexibility index (Phi) is 6.37. The quantitative estimate of drug-likeness (QED) is 0.178. The minimum Gasteiger partial charge on any atom is -0.310 e. The third-order valence-corrected chi connectivity index (χ3v) is 12.8. The number of hydrogen-bond donors (Lipinski definition) is 0. The highest BCUT2D eigenvalue weighted by Gasteiger charge is 2.52. The Bertz CT molecular complexity index is 2490. The van der Waals surface area contributed by atoms with E-state index in [1.54, 1.807) is 4.57 Å². The fraction of sp³-hybridized carbons (Fsp3) is 0.133. The van der Waals surface area contributed by atoms with Crippen molar-refractivity contribution in [3.8, 4) is 16.8 Å². The molecule has 1 aliphatic heterocycles. The molecule has 0 unspecified atom stereocenters. The molecule has 0 atom stereocenters. The summed E-state index contributed by atoms with van der Waals surface area (Å²) in [7, 11) is -1.70. The van der Waals surface area contributed by atoms with Crippen molar-refractivity contribution in [3.05, 3.63) is 183 Å². The van der Waals surface area contributed by atoms with Gasteiger partial charge in [0.15, 0.2) is 0 Å². The molecular formula is C45H38N2OSi. The number of aromatic nitrogens is 1. The number of hydrogen-bond acceptors (Lipinski definition) is 2. The molecule has 9 rings (SSSR count). The molecule has 1 spiro atoms. The Morgan fingerprint density at radius 2 is 1.16 bits per heavy atom. The van der Waals surface area contributed by atoms with Gasteiger partial charge in [-0.15, -0.1) is 0 Å². The average molecular weight is 651 g/mol. The molecule has 3 nitrogen and oxygen atoms in total. The van der Waals surface area contributed by atoms with Gasteiger partial charge in [-0.2, -0.15) is 0 Å². The third-order valence-electron chi connectivity index (χ3n) is 10.7. The van der Waals surface area contributed by atoms with Gasteiger partial charge in [-0.3, -0.25) is 9.36 Å². The van der Waals surface area contributed by atoms with E-state index in [9.17, 15) is 4.79 Å². The van der Waals surface area contributed by atoms with Crippen molar-refractivity contribution in [2.24, 2.45) is 0 Å². The number of pyridine rings is 1. The van der Waals surface area contributed by atoms with E-state index in [2.05, 4.69) is 142 Å². The van der Waals surface area contributed by atoms with Gasteiger partial charge in [0, 0.05) is 23.0 Å². The van der Waals surface area contributed by atoms with Crippen LogP contribution in [0.4, 0.5) is 17.1 Å². The second-order valence-electron chi connectivity index (χ2n) is 14.7. The van der Waals surface area contributed by atoms with Crippen molar-refractivity contribution >= 4 is 41.1 Å². The minimum atomic E-state index is -1.70. The highest BCUT2D eigenvalue weighted by molar-refractivity contribution is 6.88. The molecular weight excluding hydrogens is 613 g/mol. The molecule has 0 saturated heterocycles. The van der Waals surface area contributed by atoms with E-state index < -0.39 is 13.5 Å². The number of nitrogens with zero attached hydrogens (tertiary/aromatic N) is 2. The van der Waals surface area contributed by atoms with Crippen molar-refractivity contribution in [1.82, 2.24) is 4.57 Å². The molecule has 2 heterocycles. The lowest BCUT2D eigenvalue weighted by Gasteiger charge is -2.45. The monoisotopic (exact) mass is 650 g/mol. The lowest BCUT2D eigenvalue weighted by Crippen LogP contribution is -2.42. The molecule has 0 bridgehead atoms. The van der Waals surface area contributed by atoms with Crippen LogP contribution in [0.15, 0.2) is 144 Å². The first-order valence-electron chi connectivity index (χ1n) is 17.1. The second-order valence-corrected chi connectivity index (χ2v) is 19.8. The normalized spacial score (nSPS) is 14.0. The summed E-state index contributed by atoms with van der Waals surface area (Å²) in [4.78, 5) is 16.6. The maximum absolute atomic E-state index is 14.2. The number of para-hydroxylation sites is 1. The zero-order chi connectivity index (χ0) is 33.7. The first-order valence-corrected chi connectivity index (χ1v) is 20.6. The van der Waals surface area contributed by atoms with E-state index in [0.717, 1.165) is 33.7 Å². The number of benzene rings is 6. The molecule has 0 radical (unpaired) electrons. The molecule has 2 aliphatic rings. The van der Waals surface area contributed by atoms with Crippen LogP contribution >= 0.6 is 0 Å². The Hall–Kier alpha value is -5.45. The molecule has 49 heavy (non-hydrogen) atoms. The molecule has 0 N–H and O–H groups in total. The molecule has 0 fully saturated rings. The Morgan fingerprint density at radius 1 is 0.551 bits per heavy atom. The largest absolute Gasteiger partial charge is 0.310 e. The summed E-state index contributed by atoms with van der Waals surface area (Å²) in [6.45, 7) is 11.6. The van der Waals surface area contributed by atoms with E-state index in [4.69, 9.17) is 0 Å². The van der Waals surface area contributed by atoms with Crippen LogP contribution in [0.1, 0.15) is 33.4 Å². The predicted octanol–water partition coefficient (Wildman–Crippen LogP) is 10.3. The van der Waals surface area contributed by atoms with E-state index in [0.29, 0.717) is 5.39 Å². The molecule has 4 heteroatoms. The van der Waals surface area contributed by atoms with Gasteiger partial charge in [-0.1, -0.05) is 127 Å². The molecule has 1 aromatic heterocycles. The summed E-state index contributed by atoms with van der Waals surface area (Å²) in [6, 6.07) is 48.5. The maximum Gasteiger partial charge on any atom is 0.263 e. The van der Waals surface area contributed by atoms with E-state index in [1.807, 2.05) is 36.5 Å². The van der Waals surface area contributed by atoms with Gasteiger partial charge in [0.2, 0.25) is 0 Å². The van der Waals surface area contributed by atoms with Gasteiger partial charge >= 0.3 is 0 Å². The van der Waals surface area contributed by atoms with E-state index >= 15 is 0 Å². The van der Waals surface area contributed by atoms with Crippen LogP contribution in [0, 0.1) is 13.8 Å². The lowest BCUT2D eigenvalue weighted by molar-refractivity contribution is 0.752. The summed E-state index contributed by atoms with van der Waals surface area (Å²) in [5, 5.41) is 3.13. The summed E-state index contributed by atoms with van der Waals surface area (Å²) in [5.41, 5.74) is 13.8. The van der Waals surface area contributed by atoms with Crippen LogP contribution in [0.2, 0.25) is 19.6 Å². The topological polar surface area (TPSA) is 25.2 Å². The molecule has 7 aromatic rings. The third kappa shape index (κ3) is 4.17. The van der Waals surface area contributed by atoms with Crippen molar-refractivity contribution in [2.75, 3.05) is 4.90 Å². The SMILES string of the molecule is Cc1ccc2c(c1)C1(c3ccccc3-c3ccccc31)c1cc([Si](C)(C)C)ccc1N2c1ccc2c(C)cn(-c3ccccc3)c(=O)c2c1. The first kappa shape index (κ1) is 29.7. The van der Waals surface area contributed by atoms with Crippen molar-refractivity contribution in [2.45, 2.75) is 38.9 Å². The molecule has 1 aliphatic carbocycles. The molecule has 6 aromatic carbocycles. The fourth-order valence-corrected chi connectivity index (χ4v) is 9.60. The Labute approximate surface area is 288 Å². The smallest absolute Gasteiger partial charge is 0.263 e. The molecule has 0 saturated carbocycles. The van der Waals surface area contributed by atoms with Gasteiger partial charge < -0.3 is 4.90 Å². The van der Waals surface area contributed by atoms with Crippen LogP contribution < -0.4 is 15.6 Å². The highest BCUT2D eigenvalue weighted by atomic mass is 28.3. The van der Waals surface area contributed by atoms with Gasteiger partial charge in [0.1, 0.15) is 0 Å².